The van der Waals surface area contributed by atoms with Crippen molar-refractivity contribution in [3.8, 4) is 0 Å². The second kappa shape index (κ2) is 5.57. The molecule has 0 heterocycles. The van der Waals surface area contributed by atoms with E-state index >= 15 is 0 Å². The molecule has 4 heteroatoms. The molecule has 1 aromatic carbocycles. The van der Waals surface area contributed by atoms with E-state index in [2.05, 4.69) is 5.32 Å². The molecule has 0 unspecified atom stereocenters. The van der Waals surface area contributed by atoms with Gasteiger partial charge in [0.25, 0.3) is 0 Å². The number of rotatable bonds is 3. The summed E-state index contributed by atoms with van der Waals surface area (Å²) in [7, 11) is 0. The van der Waals surface area contributed by atoms with Gasteiger partial charge in [-0.2, -0.15) is 0 Å². The van der Waals surface area contributed by atoms with Crippen LogP contribution in [-0.4, -0.2) is 17.8 Å². The third-order valence-corrected chi connectivity index (χ3v) is 3.73. The fourth-order valence-electron chi connectivity index (χ4n) is 2.45. The lowest BCUT2D eigenvalue weighted by Gasteiger charge is -2.26. The Morgan fingerprint density at radius 1 is 1.33 bits per heavy atom. The van der Waals surface area contributed by atoms with E-state index in [-0.39, 0.29) is 11.9 Å². The smallest absolute Gasteiger partial charge is 0.128 e. The van der Waals surface area contributed by atoms with Crippen molar-refractivity contribution < 1.29 is 9.50 Å². The van der Waals surface area contributed by atoms with E-state index in [4.69, 9.17) is 5.73 Å². The third-order valence-electron chi connectivity index (χ3n) is 3.73. The number of aliphatic hydroxyl groups excluding tert-OH is 1. The summed E-state index contributed by atoms with van der Waals surface area (Å²) < 4.78 is 13.3. The Morgan fingerprint density at radius 3 is 2.67 bits per heavy atom. The molecule has 0 aliphatic heterocycles. The minimum atomic E-state index is -0.265. The molecule has 0 spiro atoms. The highest BCUT2D eigenvalue weighted by Gasteiger charge is 2.19. The van der Waals surface area contributed by atoms with E-state index in [1.807, 2.05) is 0 Å². The second-order valence-corrected chi connectivity index (χ2v) is 5.24. The summed E-state index contributed by atoms with van der Waals surface area (Å²) >= 11 is 0. The average Bonchev–Trinajstić information content (AvgIpc) is 2.34. The van der Waals surface area contributed by atoms with Crippen molar-refractivity contribution in [2.45, 2.75) is 38.7 Å². The fraction of sp³-hybridized carbons (Fsp3) is 0.571. The van der Waals surface area contributed by atoms with Crippen LogP contribution in [0.2, 0.25) is 0 Å². The number of nitrogen functional groups attached to an aromatic ring is 1. The maximum Gasteiger partial charge on any atom is 0.128 e. The molecule has 1 saturated carbocycles. The summed E-state index contributed by atoms with van der Waals surface area (Å²) in [6.07, 6.45) is 3.70. The number of hydrogen-bond acceptors (Lipinski definition) is 3. The predicted octanol–water partition coefficient (Wildman–Crippen LogP) is 2.68. The molecule has 4 N–H and O–H groups in total. The molecule has 0 bridgehead atoms. The van der Waals surface area contributed by atoms with Crippen LogP contribution in [0.25, 0.3) is 0 Å². The monoisotopic (exact) mass is 252 g/mol. The number of aryl methyl sites for hydroxylation is 1. The van der Waals surface area contributed by atoms with Crippen LogP contribution >= 0.6 is 0 Å². The van der Waals surface area contributed by atoms with Crippen LogP contribution in [0.3, 0.4) is 0 Å². The van der Waals surface area contributed by atoms with E-state index in [0.717, 1.165) is 37.9 Å². The summed E-state index contributed by atoms with van der Waals surface area (Å²) in [6.45, 7) is 2.57. The molecule has 1 fully saturated rings. The molecule has 0 atom stereocenters. The van der Waals surface area contributed by atoms with E-state index < -0.39 is 0 Å². The normalized spacial score (nSPS) is 23.9. The number of hydrogen-bond donors (Lipinski definition) is 3. The van der Waals surface area contributed by atoms with E-state index in [9.17, 15) is 9.50 Å². The van der Waals surface area contributed by atoms with Gasteiger partial charge in [-0.1, -0.05) is 0 Å². The van der Waals surface area contributed by atoms with Crippen molar-refractivity contribution in [3.63, 3.8) is 0 Å². The lowest BCUT2D eigenvalue weighted by atomic mass is 9.87. The first-order valence-corrected chi connectivity index (χ1v) is 6.54. The van der Waals surface area contributed by atoms with Gasteiger partial charge in [0.15, 0.2) is 0 Å². The molecule has 100 valence electrons. The van der Waals surface area contributed by atoms with Gasteiger partial charge >= 0.3 is 0 Å². The minimum absolute atomic E-state index is 0.126. The van der Waals surface area contributed by atoms with Crippen LogP contribution < -0.4 is 11.1 Å². The first-order chi connectivity index (χ1) is 8.56. The van der Waals surface area contributed by atoms with Crippen LogP contribution in [-0.2, 0) is 0 Å². The maximum atomic E-state index is 13.3. The van der Waals surface area contributed by atoms with Crippen molar-refractivity contribution in [1.29, 1.82) is 0 Å². The molecule has 2 rings (SSSR count). The summed E-state index contributed by atoms with van der Waals surface area (Å²) in [5, 5.41) is 12.7. The van der Waals surface area contributed by atoms with E-state index in [0.29, 0.717) is 17.2 Å². The first kappa shape index (κ1) is 13.1. The van der Waals surface area contributed by atoms with Crippen molar-refractivity contribution in [2.75, 3.05) is 17.6 Å². The van der Waals surface area contributed by atoms with Crippen molar-refractivity contribution >= 4 is 11.4 Å². The van der Waals surface area contributed by atoms with Crippen LogP contribution in [0.15, 0.2) is 12.1 Å². The van der Waals surface area contributed by atoms with Crippen LogP contribution in [0.1, 0.15) is 31.2 Å². The van der Waals surface area contributed by atoms with Crippen molar-refractivity contribution in [2.24, 2.45) is 5.92 Å². The Morgan fingerprint density at radius 2 is 2.00 bits per heavy atom. The Kier molecular flexibility index (Phi) is 4.07. The molecular formula is C14H21FN2O. The zero-order valence-corrected chi connectivity index (χ0v) is 10.7. The van der Waals surface area contributed by atoms with Crippen molar-refractivity contribution in [1.82, 2.24) is 0 Å². The van der Waals surface area contributed by atoms with E-state index in [1.54, 1.807) is 13.0 Å². The van der Waals surface area contributed by atoms with Gasteiger partial charge in [-0.15, -0.1) is 0 Å². The highest BCUT2D eigenvalue weighted by Crippen LogP contribution is 2.27. The zero-order valence-electron chi connectivity index (χ0n) is 10.7. The van der Waals surface area contributed by atoms with Gasteiger partial charge in [-0.25, -0.2) is 4.39 Å². The third kappa shape index (κ3) is 3.13. The predicted molar refractivity (Wildman–Crippen MR) is 72.0 cm³/mol. The maximum absolute atomic E-state index is 13.3. The first-order valence-electron chi connectivity index (χ1n) is 6.54. The highest BCUT2D eigenvalue weighted by molar-refractivity contribution is 5.67. The molecule has 18 heavy (non-hydrogen) atoms. The Bertz CT molecular complexity index is 415. The fourth-order valence-corrected chi connectivity index (χ4v) is 2.45. The highest BCUT2D eigenvalue weighted by atomic mass is 19.1. The summed E-state index contributed by atoms with van der Waals surface area (Å²) in [5.74, 6) is 0.303. The molecular weight excluding hydrogens is 231 g/mol. The summed E-state index contributed by atoms with van der Waals surface area (Å²) in [4.78, 5) is 0. The SMILES string of the molecule is Cc1cc(NCC2CCC(O)CC2)c(N)cc1F. The number of benzene rings is 1. The molecule has 0 saturated heterocycles. The standard InChI is InChI=1S/C14H21FN2O/c1-9-6-14(13(16)7-12(9)15)17-8-10-2-4-11(18)5-3-10/h6-7,10-11,17-18H,2-5,8,16H2,1H3. The number of aliphatic hydroxyl groups is 1. The average molecular weight is 252 g/mol. The largest absolute Gasteiger partial charge is 0.397 e. The van der Waals surface area contributed by atoms with Gasteiger partial charge < -0.3 is 16.2 Å². The van der Waals surface area contributed by atoms with Crippen LogP contribution in [0.5, 0.6) is 0 Å². The van der Waals surface area contributed by atoms with Gasteiger partial charge in [0.1, 0.15) is 5.82 Å². The minimum Gasteiger partial charge on any atom is -0.397 e. The van der Waals surface area contributed by atoms with Gasteiger partial charge in [0.05, 0.1) is 17.5 Å². The van der Waals surface area contributed by atoms with Gasteiger partial charge in [0.2, 0.25) is 0 Å². The summed E-state index contributed by atoms with van der Waals surface area (Å²) in [6, 6.07) is 3.12. The second-order valence-electron chi connectivity index (χ2n) is 5.24. The molecule has 1 aromatic rings. The quantitative estimate of drug-likeness (QED) is 0.725. The molecule has 0 radical (unpaired) electrons. The van der Waals surface area contributed by atoms with Crippen molar-refractivity contribution in [3.05, 3.63) is 23.5 Å². The number of nitrogens with two attached hydrogens (primary N) is 1. The zero-order chi connectivity index (χ0) is 13.1. The lowest BCUT2D eigenvalue weighted by molar-refractivity contribution is 0.111. The number of halogens is 1. The Hall–Kier alpha value is -1.29. The topological polar surface area (TPSA) is 58.3 Å². The molecule has 3 nitrogen and oxygen atoms in total. The Balaban J connectivity index is 1.92. The molecule has 1 aliphatic carbocycles. The number of anilines is 2. The van der Waals surface area contributed by atoms with Crippen LogP contribution in [0.4, 0.5) is 15.8 Å². The van der Waals surface area contributed by atoms with Gasteiger partial charge in [-0.05, 0) is 56.2 Å². The van der Waals surface area contributed by atoms with Gasteiger partial charge in [-0.3, -0.25) is 0 Å². The molecule has 0 amide bonds. The van der Waals surface area contributed by atoms with Crippen LogP contribution in [0, 0.1) is 18.7 Å². The molecule has 0 aromatic heterocycles. The van der Waals surface area contributed by atoms with Gasteiger partial charge in [0, 0.05) is 6.54 Å². The Labute approximate surface area is 107 Å². The number of nitrogens with one attached hydrogen (secondary N) is 1. The van der Waals surface area contributed by atoms with E-state index in [1.165, 1.54) is 6.07 Å². The summed E-state index contributed by atoms with van der Waals surface area (Å²) in [5.41, 5.74) is 7.65. The lowest BCUT2D eigenvalue weighted by Crippen LogP contribution is -2.23. The molecule has 1 aliphatic rings.